The highest BCUT2D eigenvalue weighted by Crippen LogP contribution is 2.44. The number of ether oxygens (including phenoxy) is 2. The number of ketones is 2. The average molecular weight is 1250 g/mol. The summed E-state index contributed by atoms with van der Waals surface area (Å²) in [6.45, 7) is 16.5. The Bertz CT molecular complexity index is 5450. The molecule has 16 rings (SSSR count). The SMILES string of the molecule is COC(=O)CCC1=C(C)c2cc3[nH]c(cc4nc(cc5[nH]c6c(c1n2)CC(=O)c6c5C)C=C4C)c(CN(Cc1c(C)c2cc4nc(c5c6[nH]c(cc7nc(cc1[nH]2)C(C)=C7)c(C)c6C(=O)C5)C(CCC(=O)OC)=C4C)C(=O)c1ccc2ccc4cccc5ccc1c2c45)c3C. The molecule has 0 fully saturated rings. The van der Waals surface area contributed by atoms with Crippen LogP contribution in [0.25, 0.3) is 122 Å². The van der Waals surface area contributed by atoms with Gasteiger partial charge in [-0.3, -0.25) is 24.0 Å². The van der Waals surface area contributed by atoms with Crippen molar-refractivity contribution in [1.82, 2.24) is 44.8 Å². The van der Waals surface area contributed by atoms with Gasteiger partial charge in [-0.25, -0.2) is 19.9 Å². The van der Waals surface area contributed by atoms with Crippen LogP contribution < -0.4 is 0 Å². The van der Waals surface area contributed by atoms with E-state index in [0.29, 0.717) is 63.7 Å². The van der Waals surface area contributed by atoms with E-state index in [9.17, 15) is 19.2 Å². The molecule has 0 radical (unpaired) electrons. The molecular weight excluding hydrogens is 1190 g/mol. The van der Waals surface area contributed by atoms with E-state index in [0.717, 1.165) is 166 Å². The first-order valence-electron chi connectivity index (χ1n) is 32.3. The van der Waals surface area contributed by atoms with E-state index < -0.39 is 0 Å². The van der Waals surface area contributed by atoms with Gasteiger partial charge in [-0.1, -0.05) is 48.5 Å². The molecule has 0 saturated carbocycles. The maximum atomic E-state index is 16.6. The predicted octanol–water partition coefficient (Wildman–Crippen LogP) is 16.3. The van der Waals surface area contributed by atoms with Crippen molar-refractivity contribution in [1.29, 1.82) is 0 Å². The molecule has 6 aromatic heterocycles. The van der Waals surface area contributed by atoms with Gasteiger partial charge in [0.1, 0.15) is 0 Å². The average Bonchev–Trinajstić information content (AvgIpc) is 1.73. The van der Waals surface area contributed by atoms with Gasteiger partial charge in [-0.15, -0.1) is 0 Å². The van der Waals surface area contributed by atoms with E-state index in [1.54, 1.807) is 0 Å². The zero-order valence-electron chi connectivity index (χ0n) is 54.6. The summed E-state index contributed by atoms with van der Waals surface area (Å²) in [4.78, 5) is 109. The number of hydrogen-bond donors (Lipinski definition) is 4. The van der Waals surface area contributed by atoms with Crippen molar-refractivity contribution in [2.24, 2.45) is 0 Å². The molecule has 6 aliphatic rings. The first kappa shape index (κ1) is 58.9. The van der Waals surface area contributed by atoms with E-state index >= 15 is 4.79 Å². The Morgan fingerprint density at radius 3 is 1.39 bits per heavy atom. The summed E-state index contributed by atoms with van der Waals surface area (Å²) in [5.74, 6) is -0.865. The number of methoxy groups -OCH3 is 2. The zero-order chi connectivity index (χ0) is 65.7. The lowest BCUT2D eigenvalue weighted by Crippen LogP contribution is -2.30. The van der Waals surface area contributed by atoms with E-state index in [-0.39, 0.29) is 68.2 Å². The largest absolute Gasteiger partial charge is 0.469 e. The molecule has 10 aromatic rings. The number of allylic oxidation sites excluding steroid dienone is 6. The van der Waals surface area contributed by atoms with Crippen molar-refractivity contribution in [3.8, 4) is 0 Å². The molecule has 4 aromatic carbocycles. The Hall–Kier alpha value is -11.1. The quantitative estimate of drug-likeness (QED) is 0.0704. The minimum Gasteiger partial charge on any atom is -0.469 e. The minimum atomic E-state index is -0.346. The minimum absolute atomic E-state index is 0.00328. The topological polar surface area (TPSA) is 222 Å². The predicted molar refractivity (Wildman–Crippen MR) is 375 cm³/mol. The third-order valence-electron chi connectivity index (χ3n) is 20.7. The number of H-pyrrole nitrogens is 4. The second-order valence-electron chi connectivity index (χ2n) is 26.1. The third kappa shape index (κ3) is 9.42. The molecule has 16 heteroatoms. The fourth-order valence-corrected chi connectivity index (χ4v) is 15.4. The summed E-state index contributed by atoms with van der Waals surface area (Å²) in [6, 6.07) is 31.0. The Morgan fingerprint density at radius 2 is 0.916 bits per heavy atom. The Balaban J connectivity index is 0.939. The molecule has 0 saturated heterocycles. The number of aryl methyl sites for hydroxylation is 4. The Morgan fingerprint density at radius 1 is 0.484 bits per heavy atom. The van der Waals surface area contributed by atoms with Crippen molar-refractivity contribution in [3.05, 3.63) is 198 Å². The summed E-state index contributed by atoms with van der Waals surface area (Å²) >= 11 is 0. The van der Waals surface area contributed by atoms with E-state index in [1.807, 2.05) is 88.9 Å². The van der Waals surface area contributed by atoms with Crippen LogP contribution in [-0.4, -0.2) is 88.4 Å². The number of aromatic amines is 4. The molecule has 95 heavy (non-hydrogen) atoms. The number of Topliss-reactive ketones (excluding diaryl/α,β-unsaturated/α-hetero) is 2. The van der Waals surface area contributed by atoms with Crippen LogP contribution in [0.5, 0.6) is 0 Å². The van der Waals surface area contributed by atoms with Crippen LogP contribution in [0.4, 0.5) is 0 Å². The lowest BCUT2D eigenvalue weighted by Gasteiger charge is -2.25. The summed E-state index contributed by atoms with van der Waals surface area (Å²) in [6.07, 6.45) is 5.37. The molecular formula is C79H67N9O7. The van der Waals surface area contributed by atoms with Crippen molar-refractivity contribution in [3.63, 3.8) is 0 Å². The van der Waals surface area contributed by atoms with Crippen molar-refractivity contribution in [2.45, 2.75) is 107 Å². The maximum Gasteiger partial charge on any atom is 0.305 e. The monoisotopic (exact) mass is 1250 g/mol. The summed E-state index contributed by atoms with van der Waals surface area (Å²) in [7, 11) is 2.78. The fraction of sp³-hybridized carbons (Fsp3) is 0.228. The standard InChI is InChI=1S/C79H67N9O7/c1-36-24-47-26-59-42(7)71-67(89)28-53(77(71)86-59)75-49(20-22-69(91)94-9)38(3)63(84-75)32-61-40(5)55(65(82-61)30-57(36)80-47)34-88(79(93)52-19-17-46-15-14-44-12-11-13-45-16-18-51(52)74(46)73(44)45)35-56-41(6)62-33-64-39(4)50(21-23-70(92)95-10)76(85-64)54-29-68(90)72-43(8)60(87-78(54)72)27-48-25-37(2)58(81-48)31-66(56)83-62/h11-19,24-27,30-33,82-83,86-87H,20-23,28-29,34-35H2,1-10H3. The second kappa shape index (κ2) is 22.0. The van der Waals surface area contributed by atoms with E-state index in [2.05, 4.69) is 94.4 Å². The van der Waals surface area contributed by atoms with Crippen LogP contribution in [0, 0.1) is 27.7 Å². The highest BCUT2D eigenvalue weighted by atomic mass is 16.5. The van der Waals surface area contributed by atoms with Gasteiger partial charge in [-0.2, -0.15) is 0 Å². The molecule has 4 N–H and O–H groups in total. The number of carbonyl (C=O) groups excluding carboxylic acids is 5. The number of nitrogens with one attached hydrogen (secondary N) is 4. The number of nitrogens with zero attached hydrogens (tertiary/aromatic N) is 5. The van der Waals surface area contributed by atoms with Gasteiger partial charge < -0.3 is 34.3 Å². The normalized spacial score (nSPS) is 14.2. The molecule has 470 valence electrons. The fourth-order valence-electron chi connectivity index (χ4n) is 15.4. The lowest BCUT2D eigenvalue weighted by molar-refractivity contribution is -0.141. The number of amides is 1. The van der Waals surface area contributed by atoms with Gasteiger partial charge >= 0.3 is 11.9 Å². The Kier molecular flexibility index (Phi) is 13.6. The molecule has 0 atom stereocenters. The molecule has 4 aliphatic heterocycles. The third-order valence-corrected chi connectivity index (χ3v) is 20.7. The number of carbonyl (C=O) groups is 5. The molecule has 0 spiro atoms. The van der Waals surface area contributed by atoms with E-state index in [4.69, 9.17) is 29.4 Å². The smallest absolute Gasteiger partial charge is 0.305 e. The van der Waals surface area contributed by atoms with Gasteiger partial charge in [0.15, 0.2) is 11.6 Å². The number of esters is 2. The van der Waals surface area contributed by atoms with Gasteiger partial charge in [0.25, 0.3) is 5.91 Å². The van der Waals surface area contributed by atoms with Crippen LogP contribution in [-0.2, 0) is 45.0 Å². The van der Waals surface area contributed by atoms with E-state index in [1.165, 1.54) is 14.2 Å². The number of fused-ring (bicyclic) bond motifs is 16. The maximum absolute atomic E-state index is 16.6. The summed E-state index contributed by atoms with van der Waals surface area (Å²) in [5.41, 5.74) is 25.6. The second-order valence-corrected chi connectivity index (χ2v) is 26.1. The van der Waals surface area contributed by atoms with Gasteiger partial charge in [-0.05, 0) is 211 Å². The zero-order valence-corrected chi connectivity index (χ0v) is 54.6. The van der Waals surface area contributed by atoms with Crippen LogP contribution in [0.1, 0.15) is 175 Å². The highest BCUT2D eigenvalue weighted by Gasteiger charge is 2.34. The first-order chi connectivity index (χ1) is 45.8. The molecule has 10 heterocycles. The van der Waals surface area contributed by atoms with Gasteiger partial charge in [0.2, 0.25) is 0 Å². The van der Waals surface area contributed by atoms with Crippen LogP contribution in [0.3, 0.4) is 0 Å². The molecule has 16 nitrogen and oxygen atoms in total. The molecule has 16 bridgehead atoms. The molecule has 2 aliphatic carbocycles. The summed E-state index contributed by atoms with van der Waals surface area (Å²) in [5, 5.41) is 6.20. The highest BCUT2D eigenvalue weighted by molar-refractivity contribution is 6.26. The number of rotatable bonds is 11. The van der Waals surface area contributed by atoms with Crippen molar-refractivity contribution < 1.29 is 33.4 Å². The number of hydrogen-bond acceptors (Lipinski definition) is 11. The summed E-state index contributed by atoms with van der Waals surface area (Å²) < 4.78 is 10.3. The first-order valence-corrected chi connectivity index (χ1v) is 32.3. The number of benzene rings is 4. The molecule has 1 amide bonds. The van der Waals surface area contributed by atoms with Crippen LogP contribution >= 0.6 is 0 Å². The van der Waals surface area contributed by atoms with Gasteiger partial charge in [0.05, 0.1) is 70.8 Å². The van der Waals surface area contributed by atoms with Crippen LogP contribution in [0.15, 0.2) is 91.0 Å². The van der Waals surface area contributed by atoms with Gasteiger partial charge in [0, 0.05) is 111 Å². The molecule has 0 unspecified atom stereocenters. The van der Waals surface area contributed by atoms with Crippen molar-refractivity contribution >= 4 is 151 Å². The Labute approximate surface area is 545 Å². The van der Waals surface area contributed by atoms with Crippen molar-refractivity contribution in [2.75, 3.05) is 14.2 Å². The van der Waals surface area contributed by atoms with Crippen LogP contribution in [0.2, 0.25) is 0 Å². The lowest BCUT2D eigenvalue weighted by atomic mass is 9.91. The number of aromatic nitrogens is 8.